The van der Waals surface area contributed by atoms with Crippen molar-refractivity contribution in [3.8, 4) is 5.69 Å². The Morgan fingerprint density at radius 1 is 1.21 bits per heavy atom. The van der Waals surface area contributed by atoms with E-state index in [0.717, 1.165) is 35.1 Å². The molecule has 1 N–H and O–H groups in total. The first-order valence-corrected chi connectivity index (χ1v) is 9.92. The fourth-order valence-electron chi connectivity index (χ4n) is 3.64. The molecule has 5 heteroatoms. The Kier molecular flexibility index (Phi) is 4.99. The summed E-state index contributed by atoms with van der Waals surface area (Å²) in [6, 6.07) is 15.6. The molecule has 0 saturated heterocycles. The second kappa shape index (κ2) is 7.58. The number of amides is 1. The van der Waals surface area contributed by atoms with Crippen LogP contribution in [0.2, 0.25) is 0 Å². The van der Waals surface area contributed by atoms with Crippen LogP contribution >= 0.6 is 0 Å². The van der Waals surface area contributed by atoms with Gasteiger partial charge in [-0.05, 0) is 56.0 Å². The van der Waals surface area contributed by atoms with Gasteiger partial charge in [0.1, 0.15) is 0 Å². The van der Waals surface area contributed by atoms with E-state index < -0.39 is 0 Å². The summed E-state index contributed by atoms with van der Waals surface area (Å²) in [6.45, 7) is 2.02. The summed E-state index contributed by atoms with van der Waals surface area (Å²) < 4.78 is 1.84. The number of nitrogens with one attached hydrogen (secondary N) is 1. The summed E-state index contributed by atoms with van der Waals surface area (Å²) in [4.78, 5) is 14.6. The summed E-state index contributed by atoms with van der Waals surface area (Å²) in [5.74, 6) is 0.431. The van der Waals surface area contributed by atoms with Gasteiger partial charge in [0.15, 0.2) is 0 Å². The molecule has 2 aromatic carbocycles. The molecular formula is C23H26N4O. The van der Waals surface area contributed by atoms with Gasteiger partial charge < -0.3 is 10.3 Å². The molecular weight excluding hydrogens is 348 g/mol. The van der Waals surface area contributed by atoms with Gasteiger partial charge >= 0.3 is 0 Å². The quantitative estimate of drug-likeness (QED) is 0.636. The molecule has 0 spiro atoms. The van der Waals surface area contributed by atoms with Crippen molar-refractivity contribution >= 4 is 22.5 Å². The molecule has 1 aliphatic carbocycles. The molecule has 1 saturated carbocycles. The maximum atomic E-state index is 12.8. The van der Waals surface area contributed by atoms with Crippen molar-refractivity contribution in [3.05, 3.63) is 60.3 Å². The van der Waals surface area contributed by atoms with E-state index in [2.05, 4.69) is 5.10 Å². The maximum Gasteiger partial charge on any atom is 0.253 e. The largest absolute Gasteiger partial charge is 0.339 e. The Morgan fingerprint density at radius 3 is 2.57 bits per heavy atom. The van der Waals surface area contributed by atoms with Gasteiger partial charge in [0.05, 0.1) is 11.2 Å². The van der Waals surface area contributed by atoms with E-state index >= 15 is 0 Å². The van der Waals surface area contributed by atoms with Crippen LogP contribution in [0, 0.1) is 11.3 Å². The number of aromatic nitrogens is 2. The highest BCUT2D eigenvalue weighted by molar-refractivity contribution is 5.95. The lowest BCUT2D eigenvalue weighted by atomic mass is 9.80. The Labute approximate surface area is 165 Å². The molecule has 0 aliphatic heterocycles. The van der Waals surface area contributed by atoms with E-state index in [4.69, 9.17) is 5.41 Å². The Morgan fingerprint density at radius 2 is 1.93 bits per heavy atom. The molecule has 1 atom stereocenters. The van der Waals surface area contributed by atoms with Gasteiger partial charge in [-0.2, -0.15) is 5.10 Å². The molecule has 1 aliphatic rings. The van der Waals surface area contributed by atoms with Gasteiger partial charge in [0.25, 0.3) is 5.91 Å². The minimum Gasteiger partial charge on any atom is -0.339 e. The SMILES string of the molecule is C[C@H](CC(=N)C1CCC1)N(C)C(=O)c1ccc(-n2cc3ccccc3n2)cc1. The highest BCUT2D eigenvalue weighted by Crippen LogP contribution is 2.29. The first-order chi connectivity index (χ1) is 13.5. The number of carbonyl (C=O) groups is 1. The zero-order valence-corrected chi connectivity index (χ0v) is 16.4. The Bertz CT molecular complexity index is 968. The van der Waals surface area contributed by atoms with Gasteiger partial charge in [0, 0.05) is 42.4 Å². The standard InChI is InChI=1S/C23H26N4O/c1-16(14-21(24)17-7-5-8-17)26(2)23(28)18-10-12-20(13-11-18)27-15-19-6-3-4-9-22(19)25-27/h3-4,6,9-13,15-17,24H,5,7-8,14H2,1-2H3/t16-/m1/s1. The third kappa shape index (κ3) is 3.57. The van der Waals surface area contributed by atoms with Crippen molar-refractivity contribution in [2.24, 2.45) is 5.92 Å². The fraction of sp³-hybridized carbons (Fsp3) is 0.348. The lowest BCUT2D eigenvalue weighted by molar-refractivity contribution is 0.0746. The highest BCUT2D eigenvalue weighted by Gasteiger charge is 2.25. The Hall–Kier alpha value is -2.95. The minimum atomic E-state index is -0.00825. The molecule has 1 aromatic heterocycles. The van der Waals surface area contributed by atoms with Crippen LogP contribution in [-0.4, -0.2) is 39.4 Å². The van der Waals surface area contributed by atoms with E-state index in [1.54, 1.807) is 4.90 Å². The number of rotatable bonds is 6. The lowest BCUT2D eigenvalue weighted by Crippen LogP contribution is -2.38. The number of carbonyl (C=O) groups excluding carboxylic acids is 1. The molecule has 5 nitrogen and oxygen atoms in total. The summed E-state index contributed by atoms with van der Waals surface area (Å²) in [6.07, 6.45) is 6.14. The van der Waals surface area contributed by atoms with Crippen LogP contribution in [-0.2, 0) is 0 Å². The number of nitrogens with zero attached hydrogens (tertiary/aromatic N) is 3. The van der Waals surface area contributed by atoms with Crippen molar-refractivity contribution in [2.75, 3.05) is 7.05 Å². The van der Waals surface area contributed by atoms with Crippen LogP contribution < -0.4 is 0 Å². The molecule has 0 unspecified atom stereocenters. The third-order valence-corrected chi connectivity index (χ3v) is 5.89. The topological polar surface area (TPSA) is 62.0 Å². The van der Waals surface area contributed by atoms with Crippen LogP contribution in [0.25, 0.3) is 16.6 Å². The van der Waals surface area contributed by atoms with E-state index in [9.17, 15) is 4.79 Å². The zero-order chi connectivity index (χ0) is 19.7. The van der Waals surface area contributed by atoms with E-state index in [1.807, 2.05) is 73.4 Å². The fourth-order valence-corrected chi connectivity index (χ4v) is 3.64. The first-order valence-electron chi connectivity index (χ1n) is 9.92. The van der Waals surface area contributed by atoms with Crippen molar-refractivity contribution in [3.63, 3.8) is 0 Å². The summed E-state index contributed by atoms with van der Waals surface area (Å²) >= 11 is 0. The predicted octanol–water partition coefficient (Wildman–Crippen LogP) is 4.70. The van der Waals surface area contributed by atoms with E-state index in [0.29, 0.717) is 17.9 Å². The highest BCUT2D eigenvalue weighted by atomic mass is 16.2. The molecule has 0 bridgehead atoms. The van der Waals surface area contributed by atoms with E-state index in [-0.39, 0.29) is 11.9 Å². The van der Waals surface area contributed by atoms with Crippen LogP contribution in [0.5, 0.6) is 0 Å². The maximum absolute atomic E-state index is 12.8. The number of fused-ring (bicyclic) bond motifs is 1. The molecule has 1 fully saturated rings. The number of hydrogen-bond acceptors (Lipinski definition) is 3. The van der Waals surface area contributed by atoms with Crippen molar-refractivity contribution in [1.82, 2.24) is 14.7 Å². The zero-order valence-electron chi connectivity index (χ0n) is 16.4. The van der Waals surface area contributed by atoms with Crippen LogP contribution in [0.15, 0.2) is 54.7 Å². The van der Waals surface area contributed by atoms with Crippen LogP contribution in [0.1, 0.15) is 43.0 Å². The molecule has 3 aromatic rings. The average Bonchev–Trinajstić information content (AvgIpc) is 3.09. The van der Waals surface area contributed by atoms with Crippen molar-refractivity contribution in [1.29, 1.82) is 5.41 Å². The van der Waals surface area contributed by atoms with Gasteiger partial charge in [-0.15, -0.1) is 0 Å². The van der Waals surface area contributed by atoms with Crippen LogP contribution in [0.3, 0.4) is 0 Å². The Balaban J connectivity index is 1.44. The third-order valence-electron chi connectivity index (χ3n) is 5.89. The lowest BCUT2D eigenvalue weighted by Gasteiger charge is -2.31. The summed E-state index contributed by atoms with van der Waals surface area (Å²) in [5.41, 5.74) is 3.32. The summed E-state index contributed by atoms with van der Waals surface area (Å²) in [5, 5.41) is 13.9. The minimum absolute atomic E-state index is 0.00825. The molecule has 1 heterocycles. The molecule has 4 rings (SSSR count). The van der Waals surface area contributed by atoms with Gasteiger partial charge in [0.2, 0.25) is 0 Å². The molecule has 0 radical (unpaired) electrons. The second-order valence-corrected chi connectivity index (χ2v) is 7.80. The smallest absolute Gasteiger partial charge is 0.253 e. The second-order valence-electron chi connectivity index (χ2n) is 7.80. The van der Waals surface area contributed by atoms with E-state index in [1.165, 1.54) is 6.42 Å². The average molecular weight is 374 g/mol. The molecule has 144 valence electrons. The van der Waals surface area contributed by atoms with Gasteiger partial charge in [-0.1, -0.05) is 24.6 Å². The molecule has 28 heavy (non-hydrogen) atoms. The normalized spacial score (nSPS) is 15.2. The van der Waals surface area contributed by atoms with Crippen molar-refractivity contribution in [2.45, 2.75) is 38.6 Å². The van der Waals surface area contributed by atoms with Crippen molar-refractivity contribution < 1.29 is 4.79 Å². The van der Waals surface area contributed by atoms with Crippen LogP contribution in [0.4, 0.5) is 0 Å². The monoisotopic (exact) mass is 374 g/mol. The van der Waals surface area contributed by atoms with Gasteiger partial charge in [-0.25, -0.2) is 4.68 Å². The van der Waals surface area contributed by atoms with Gasteiger partial charge in [-0.3, -0.25) is 4.79 Å². The number of benzene rings is 2. The predicted molar refractivity (Wildman–Crippen MR) is 112 cm³/mol. The number of hydrogen-bond donors (Lipinski definition) is 1. The first kappa shape index (κ1) is 18.4. The summed E-state index contributed by atoms with van der Waals surface area (Å²) in [7, 11) is 1.83. The molecule has 1 amide bonds.